The number of carbonyl (C=O) groups excluding carboxylic acids is 1. The van der Waals surface area contributed by atoms with Crippen molar-refractivity contribution in [3.63, 3.8) is 0 Å². The summed E-state index contributed by atoms with van der Waals surface area (Å²) >= 11 is 6.10. The summed E-state index contributed by atoms with van der Waals surface area (Å²) in [4.78, 5) is 15.8. The lowest BCUT2D eigenvalue weighted by atomic mass is 9.77. The van der Waals surface area contributed by atoms with Crippen molar-refractivity contribution in [3.8, 4) is 11.5 Å². The van der Waals surface area contributed by atoms with Crippen LogP contribution in [0.5, 0.6) is 0 Å². The SMILES string of the molecule is O=C(N1CCCC(c2nnc(-c3ccc(F)cc3)o2)C1)C1(c2ccc(Cl)cc2)CCCC1. The molecule has 7 heteroatoms. The van der Waals surface area contributed by atoms with Crippen molar-refractivity contribution in [2.75, 3.05) is 13.1 Å². The molecule has 166 valence electrons. The van der Waals surface area contributed by atoms with Crippen LogP contribution in [-0.2, 0) is 10.2 Å². The number of hydrogen-bond donors (Lipinski definition) is 0. The highest BCUT2D eigenvalue weighted by Gasteiger charge is 2.46. The molecule has 1 aliphatic heterocycles. The second-order valence-electron chi connectivity index (χ2n) is 8.84. The third kappa shape index (κ3) is 3.92. The maximum absolute atomic E-state index is 13.8. The van der Waals surface area contributed by atoms with Crippen molar-refractivity contribution in [2.24, 2.45) is 0 Å². The molecule has 2 aliphatic rings. The number of halogens is 2. The number of hydrogen-bond acceptors (Lipinski definition) is 4. The Balaban J connectivity index is 1.36. The maximum Gasteiger partial charge on any atom is 0.247 e. The van der Waals surface area contributed by atoms with Crippen LogP contribution in [0, 0.1) is 5.82 Å². The highest BCUT2D eigenvalue weighted by Crippen LogP contribution is 2.44. The van der Waals surface area contributed by atoms with E-state index in [2.05, 4.69) is 10.2 Å². The van der Waals surface area contributed by atoms with E-state index in [0.29, 0.717) is 28.9 Å². The number of carbonyl (C=O) groups is 1. The predicted octanol–water partition coefficient (Wildman–Crippen LogP) is 5.75. The van der Waals surface area contributed by atoms with Crippen molar-refractivity contribution in [1.29, 1.82) is 0 Å². The average Bonchev–Trinajstić information content (AvgIpc) is 3.51. The van der Waals surface area contributed by atoms with Crippen LogP contribution < -0.4 is 0 Å². The minimum Gasteiger partial charge on any atom is -0.420 e. The van der Waals surface area contributed by atoms with Gasteiger partial charge in [0.25, 0.3) is 0 Å². The van der Waals surface area contributed by atoms with Crippen LogP contribution in [-0.4, -0.2) is 34.1 Å². The van der Waals surface area contributed by atoms with Crippen LogP contribution in [0.2, 0.25) is 5.02 Å². The van der Waals surface area contributed by atoms with Crippen LogP contribution in [0.15, 0.2) is 52.9 Å². The van der Waals surface area contributed by atoms with Crippen molar-refractivity contribution < 1.29 is 13.6 Å². The Morgan fingerprint density at radius 3 is 2.47 bits per heavy atom. The van der Waals surface area contributed by atoms with Gasteiger partial charge in [0, 0.05) is 23.7 Å². The standard InChI is InChI=1S/C25H25ClFN3O2/c26-20-9-7-19(8-10-20)25(13-1-2-14-25)24(31)30-15-3-4-18(16-30)23-29-28-22(32-23)17-5-11-21(27)12-6-17/h5-12,18H,1-4,13-16H2. The Kier molecular flexibility index (Phi) is 5.72. The van der Waals surface area contributed by atoms with Gasteiger partial charge in [0.1, 0.15) is 5.82 Å². The van der Waals surface area contributed by atoms with E-state index in [1.54, 1.807) is 12.1 Å². The second-order valence-corrected chi connectivity index (χ2v) is 9.28. The van der Waals surface area contributed by atoms with Gasteiger partial charge < -0.3 is 9.32 Å². The molecule has 1 saturated heterocycles. The van der Waals surface area contributed by atoms with Gasteiger partial charge in [-0.25, -0.2) is 4.39 Å². The fourth-order valence-electron chi connectivity index (χ4n) is 5.15. The molecule has 0 spiro atoms. The molecule has 1 saturated carbocycles. The zero-order chi connectivity index (χ0) is 22.1. The summed E-state index contributed by atoms with van der Waals surface area (Å²) in [5, 5.41) is 9.09. The van der Waals surface area contributed by atoms with Gasteiger partial charge in [-0.15, -0.1) is 10.2 Å². The molecule has 1 unspecified atom stereocenters. The number of benzene rings is 2. The lowest BCUT2D eigenvalue weighted by molar-refractivity contribution is -0.138. The monoisotopic (exact) mass is 453 g/mol. The molecule has 0 N–H and O–H groups in total. The largest absolute Gasteiger partial charge is 0.420 e. The molecule has 1 aromatic heterocycles. The van der Waals surface area contributed by atoms with Gasteiger partial charge in [0.2, 0.25) is 17.7 Å². The fourth-order valence-corrected chi connectivity index (χ4v) is 5.27. The first-order valence-corrected chi connectivity index (χ1v) is 11.6. The number of piperidine rings is 1. The van der Waals surface area contributed by atoms with Gasteiger partial charge in [-0.3, -0.25) is 4.79 Å². The van der Waals surface area contributed by atoms with Gasteiger partial charge in [0.05, 0.1) is 11.3 Å². The molecule has 1 amide bonds. The first-order valence-electron chi connectivity index (χ1n) is 11.2. The van der Waals surface area contributed by atoms with Gasteiger partial charge >= 0.3 is 0 Å². The summed E-state index contributed by atoms with van der Waals surface area (Å²) in [6.45, 7) is 1.31. The summed E-state index contributed by atoms with van der Waals surface area (Å²) in [7, 11) is 0. The first-order chi connectivity index (χ1) is 15.5. The van der Waals surface area contributed by atoms with E-state index in [1.807, 2.05) is 29.2 Å². The smallest absolute Gasteiger partial charge is 0.247 e. The molecule has 2 aromatic carbocycles. The summed E-state index contributed by atoms with van der Waals surface area (Å²) in [5.74, 6) is 0.792. The zero-order valence-corrected chi connectivity index (χ0v) is 18.5. The maximum atomic E-state index is 13.8. The molecule has 5 nitrogen and oxygen atoms in total. The van der Waals surface area contributed by atoms with E-state index in [9.17, 15) is 9.18 Å². The minimum atomic E-state index is -0.472. The first kappa shape index (κ1) is 21.1. The average molecular weight is 454 g/mol. The molecule has 2 heterocycles. The summed E-state index contributed by atoms with van der Waals surface area (Å²) in [5.41, 5.74) is 1.27. The lowest BCUT2D eigenvalue weighted by Crippen LogP contribution is -2.49. The summed E-state index contributed by atoms with van der Waals surface area (Å²) < 4.78 is 19.1. The summed E-state index contributed by atoms with van der Waals surface area (Å²) in [6, 6.07) is 13.7. The van der Waals surface area contributed by atoms with Crippen LogP contribution in [0.25, 0.3) is 11.5 Å². The van der Waals surface area contributed by atoms with Crippen molar-refractivity contribution in [3.05, 3.63) is 70.8 Å². The molecule has 2 fully saturated rings. The van der Waals surface area contributed by atoms with E-state index < -0.39 is 5.41 Å². The quantitative estimate of drug-likeness (QED) is 0.505. The van der Waals surface area contributed by atoms with Crippen LogP contribution in [0.3, 0.4) is 0 Å². The van der Waals surface area contributed by atoms with Crippen LogP contribution >= 0.6 is 11.6 Å². The molecule has 0 bridgehead atoms. The number of nitrogens with zero attached hydrogens (tertiary/aromatic N) is 3. The van der Waals surface area contributed by atoms with E-state index in [-0.39, 0.29) is 17.6 Å². The Hall–Kier alpha value is -2.73. The lowest BCUT2D eigenvalue weighted by Gasteiger charge is -2.38. The highest BCUT2D eigenvalue weighted by atomic mass is 35.5. The molecule has 32 heavy (non-hydrogen) atoms. The molecular formula is C25H25ClFN3O2. The molecule has 0 radical (unpaired) electrons. The number of likely N-dealkylation sites (tertiary alicyclic amines) is 1. The third-order valence-corrected chi connectivity index (χ3v) is 7.10. The molecule has 1 aliphatic carbocycles. The van der Waals surface area contributed by atoms with Crippen LogP contribution in [0.4, 0.5) is 4.39 Å². The van der Waals surface area contributed by atoms with Crippen molar-refractivity contribution in [1.82, 2.24) is 15.1 Å². The number of amides is 1. The molecule has 1 atom stereocenters. The molecular weight excluding hydrogens is 429 g/mol. The fraction of sp³-hybridized carbons (Fsp3) is 0.400. The number of rotatable bonds is 4. The normalized spacial score (nSPS) is 20.4. The van der Waals surface area contributed by atoms with E-state index in [0.717, 1.165) is 50.6 Å². The highest BCUT2D eigenvalue weighted by molar-refractivity contribution is 6.30. The Bertz CT molecular complexity index is 1090. The Morgan fingerprint density at radius 1 is 1.03 bits per heavy atom. The molecule has 3 aromatic rings. The van der Waals surface area contributed by atoms with Gasteiger partial charge in [-0.05, 0) is 67.6 Å². The zero-order valence-electron chi connectivity index (χ0n) is 17.8. The predicted molar refractivity (Wildman–Crippen MR) is 120 cm³/mol. The Labute approximate surface area is 191 Å². The minimum absolute atomic E-state index is 0.00179. The van der Waals surface area contributed by atoms with Crippen molar-refractivity contribution in [2.45, 2.75) is 49.9 Å². The topological polar surface area (TPSA) is 59.2 Å². The van der Waals surface area contributed by atoms with E-state index >= 15 is 0 Å². The van der Waals surface area contributed by atoms with E-state index in [4.69, 9.17) is 16.0 Å². The van der Waals surface area contributed by atoms with Gasteiger partial charge in [-0.2, -0.15) is 0 Å². The van der Waals surface area contributed by atoms with Crippen LogP contribution in [0.1, 0.15) is 55.9 Å². The van der Waals surface area contributed by atoms with E-state index in [1.165, 1.54) is 12.1 Å². The second kappa shape index (κ2) is 8.66. The molecule has 5 rings (SSSR count). The van der Waals surface area contributed by atoms with Gasteiger partial charge in [0.15, 0.2) is 0 Å². The number of aromatic nitrogens is 2. The van der Waals surface area contributed by atoms with Gasteiger partial charge in [-0.1, -0.05) is 36.6 Å². The Morgan fingerprint density at radius 2 is 1.75 bits per heavy atom. The van der Waals surface area contributed by atoms with Crippen molar-refractivity contribution >= 4 is 17.5 Å². The third-order valence-electron chi connectivity index (χ3n) is 6.85. The summed E-state index contributed by atoms with van der Waals surface area (Å²) in [6.07, 6.45) is 5.62.